The molecule has 0 amide bonds. The van der Waals surface area contributed by atoms with Gasteiger partial charge in [0.25, 0.3) is 0 Å². The molecule has 0 aliphatic rings. The highest BCUT2D eigenvalue weighted by Gasteiger charge is 2.10. The summed E-state index contributed by atoms with van der Waals surface area (Å²) in [7, 11) is 0. The van der Waals surface area contributed by atoms with Crippen molar-refractivity contribution in [2.75, 3.05) is 0 Å². The van der Waals surface area contributed by atoms with E-state index < -0.39 is 6.10 Å². The van der Waals surface area contributed by atoms with E-state index in [9.17, 15) is 5.11 Å². The van der Waals surface area contributed by atoms with Crippen molar-refractivity contribution in [3.8, 4) is 5.75 Å². The SMILES string of the molecule is CC(O)c1ccccc1OCc1c(Cl)cccc1Cl. The number of aliphatic hydroxyl groups excluding tert-OH is 1. The lowest BCUT2D eigenvalue weighted by molar-refractivity contribution is 0.190. The van der Waals surface area contributed by atoms with Gasteiger partial charge in [-0.3, -0.25) is 0 Å². The lowest BCUT2D eigenvalue weighted by Gasteiger charge is -2.14. The second-order valence-electron chi connectivity index (χ2n) is 4.20. The summed E-state index contributed by atoms with van der Waals surface area (Å²) in [5.41, 5.74) is 1.48. The number of aliphatic hydroxyl groups is 1. The van der Waals surface area contributed by atoms with Crippen LogP contribution in [-0.4, -0.2) is 5.11 Å². The minimum absolute atomic E-state index is 0.266. The molecule has 0 bridgehead atoms. The fourth-order valence-electron chi connectivity index (χ4n) is 1.78. The maximum absolute atomic E-state index is 9.68. The van der Waals surface area contributed by atoms with Crippen molar-refractivity contribution in [3.63, 3.8) is 0 Å². The molecule has 2 nitrogen and oxygen atoms in total. The monoisotopic (exact) mass is 296 g/mol. The van der Waals surface area contributed by atoms with Crippen LogP contribution in [0, 0.1) is 0 Å². The van der Waals surface area contributed by atoms with Gasteiger partial charge in [0.05, 0.1) is 6.10 Å². The van der Waals surface area contributed by atoms with Gasteiger partial charge in [-0.1, -0.05) is 47.5 Å². The van der Waals surface area contributed by atoms with Crippen molar-refractivity contribution >= 4 is 23.2 Å². The molecule has 0 aromatic heterocycles. The first-order valence-corrected chi connectivity index (χ1v) is 6.68. The van der Waals surface area contributed by atoms with Crippen molar-refractivity contribution in [2.45, 2.75) is 19.6 Å². The van der Waals surface area contributed by atoms with Gasteiger partial charge in [0.1, 0.15) is 12.4 Å². The Bertz CT molecular complexity index is 548. The number of ether oxygens (including phenoxy) is 1. The van der Waals surface area contributed by atoms with E-state index in [1.807, 2.05) is 24.3 Å². The van der Waals surface area contributed by atoms with Crippen LogP contribution in [0.2, 0.25) is 10.0 Å². The largest absolute Gasteiger partial charge is 0.488 e. The van der Waals surface area contributed by atoms with Crippen molar-refractivity contribution in [1.82, 2.24) is 0 Å². The Hall–Kier alpha value is -1.22. The molecule has 100 valence electrons. The minimum atomic E-state index is -0.585. The average molecular weight is 297 g/mol. The van der Waals surface area contributed by atoms with Crippen LogP contribution in [0.5, 0.6) is 5.75 Å². The Kier molecular flexibility index (Phi) is 4.70. The first-order valence-electron chi connectivity index (χ1n) is 5.92. The molecule has 1 unspecified atom stereocenters. The van der Waals surface area contributed by atoms with E-state index in [1.165, 1.54) is 0 Å². The minimum Gasteiger partial charge on any atom is -0.488 e. The number of para-hydroxylation sites is 1. The summed E-state index contributed by atoms with van der Waals surface area (Å²) in [6, 6.07) is 12.7. The van der Waals surface area contributed by atoms with Gasteiger partial charge < -0.3 is 9.84 Å². The third-order valence-electron chi connectivity index (χ3n) is 2.80. The topological polar surface area (TPSA) is 29.5 Å². The number of rotatable bonds is 4. The van der Waals surface area contributed by atoms with E-state index >= 15 is 0 Å². The number of hydrogen-bond acceptors (Lipinski definition) is 2. The summed E-state index contributed by atoms with van der Waals surface area (Å²) in [4.78, 5) is 0. The van der Waals surface area contributed by atoms with Crippen LogP contribution in [0.4, 0.5) is 0 Å². The first-order chi connectivity index (χ1) is 9.09. The van der Waals surface area contributed by atoms with Gasteiger partial charge in [0, 0.05) is 21.2 Å². The van der Waals surface area contributed by atoms with Crippen LogP contribution in [0.3, 0.4) is 0 Å². The molecule has 0 spiro atoms. The van der Waals surface area contributed by atoms with E-state index in [0.29, 0.717) is 15.8 Å². The number of benzene rings is 2. The van der Waals surface area contributed by atoms with E-state index in [-0.39, 0.29) is 6.61 Å². The second-order valence-corrected chi connectivity index (χ2v) is 5.02. The van der Waals surface area contributed by atoms with Crippen LogP contribution in [-0.2, 0) is 6.61 Å². The lowest BCUT2D eigenvalue weighted by atomic mass is 10.1. The molecule has 0 fully saturated rings. The van der Waals surface area contributed by atoms with Gasteiger partial charge in [0.2, 0.25) is 0 Å². The molecule has 0 aliphatic heterocycles. The predicted molar refractivity (Wildman–Crippen MR) is 77.9 cm³/mol. The Morgan fingerprint density at radius 1 is 1.05 bits per heavy atom. The van der Waals surface area contributed by atoms with Gasteiger partial charge in [0.15, 0.2) is 0 Å². The number of hydrogen-bond donors (Lipinski definition) is 1. The van der Waals surface area contributed by atoms with Crippen LogP contribution in [0.15, 0.2) is 42.5 Å². The smallest absolute Gasteiger partial charge is 0.125 e. The molecule has 0 aliphatic carbocycles. The van der Waals surface area contributed by atoms with Crippen LogP contribution < -0.4 is 4.74 Å². The molecule has 0 radical (unpaired) electrons. The van der Waals surface area contributed by atoms with Crippen molar-refractivity contribution < 1.29 is 9.84 Å². The van der Waals surface area contributed by atoms with Gasteiger partial charge in [-0.05, 0) is 25.1 Å². The maximum Gasteiger partial charge on any atom is 0.125 e. The summed E-state index contributed by atoms with van der Waals surface area (Å²) in [5, 5.41) is 10.8. The molecule has 2 aromatic carbocycles. The fraction of sp³-hybridized carbons (Fsp3) is 0.200. The van der Waals surface area contributed by atoms with Gasteiger partial charge >= 0.3 is 0 Å². The van der Waals surface area contributed by atoms with E-state index in [2.05, 4.69) is 0 Å². The summed E-state index contributed by atoms with van der Waals surface area (Å²) in [5.74, 6) is 0.633. The van der Waals surface area contributed by atoms with Crippen molar-refractivity contribution in [1.29, 1.82) is 0 Å². The Morgan fingerprint density at radius 3 is 2.32 bits per heavy atom. The molecule has 1 N–H and O–H groups in total. The first kappa shape index (κ1) is 14.2. The molecular weight excluding hydrogens is 283 g/mol. The van der Waals surface area contributed by atoms with Gasteiger partial charge in [-0.2, -0.15) is 0 Å². The third kappa shape index (κ3) is 3.41. The van der Waals surface area contributed by atoms with Gasteiger partial charge in [-0.15, -0.1) is 0 Å². The molecule has 2 aromatic rings. The predicted octanol–water partition coefficient (Wildman–Crippen LogP) is 4.63. The summed E-state index contributed by atoms with van der Waals surface area (Å²) >= 11 is 12.2. The maximum atomic E-state index is 9.68. The quantitative estimate of drug-likeness (QED) is 0.891. The highest BCUT2D eigenvalue weighted by molar-refractivity contribution is 6.35. The Morgan fingerprint density at radius 2 is 1.68 bits per heavy atom. The Labute approximate surface area is 122 Å². The highest BCUT2D eigenvalue weighted by Crippen LogP contribution is 2.29. The van der Waals surface area contributed by atoms with E-state index in [1.54, 1.807) is 25.1 Å². The van der Waals surface area contributed by atoms with Crippen LogP contribution in [0.25, 0.3) is 0 Å². The highest BCUT2D eigenvalue weighted by atomic mass is 35.5. The van der Waals surface area contributed by atoms with E-state index in [4.69, 9.17) is 27.9 Å². The van der Waals surface area contributed by atoms with Crippen LogP contribution in [0.1, 0.15) is 24.2 Å². The molecule has 0 saturated carbocycles. The average Bonchev–Trinajstić information content (AvgIpc) is 2.38. The number of halogens is 2. The zero-order chi connectivity index (χ0) is 13.8. The zero-order valence-corrected chi connectivity index (χ0v) is 11.9. The molecule has 0 heterocycles. The summed E-state index contributed by atoms with van der Waals surface area (Å²) in [6.45, 7) is 1.97. The molecule has 0 saturated heterocycles. The van der Waals surface area contributed by atoms with Crippen molar-refractivity contribution in [2.24, 2.45) is 0 Å². The zero-order valence-electron chi connectivity index (χ0n) is 10.4. The van der Waals surface area contributed by atoms with Crippen LogP contribution >= 0.6 is 23.2 Å². The molecule has 2 rings (SSSR count). The lowest BCUT2D eigenvalue weighted by Crippen LogP contribution is -2.01. The van der Waals surface area contributed by atoms with Gasteiger partial charge in [-0.25, -0.2) is 0 Å². The summed E-state index contributed by atoms with van der Waals surface area (Å²) < 4.78 is 5.72. The second kappa shape index (κ2) is 6.29. The van der Waals surface area contributed by atoms with E-state index in [0.717, 1.165) is 11.1 Å². The Balaban J connectivity index is 2.19. The molecule has 4 heteroatoms. The summed E-state index contributed by atoms with van der Waals surface area (Å²) in [6.07, 6.45) is -0.585. The standard InChI is InChI=1S/C15H14Cl2O2/c1-10(18)11-5-2-3-8-15(11)19-9-12-13(16)6-4-7-14(12)17/h2-8,10,18H,9H2,1H3. The third-order valence-corrected chi connectivity index (χ3v) is 3.51. The van der Waals surface area contributed by atoms with Crippen molar-refractivity contribution in [3.05, 3.63) is 63.6 Å². The fourth-order valence-corrected chi connectivity index (χ4v) is 2.28. The molecule has 19 heavy (non-hydrogen) atoms. The molecular formula is C15H14Cl2O2. The molecule has 1 atom stereocenters. The normalized spacial score (nSPS) is 12.2.